The zero-order chi connectivity index (χ0) is 8.15. The van der Waals surface area contributed by atoms with Crippen molar-refractivity contribution in [1.82, 2.24) is 0 Å². The molecule has 1 atom stereocenters. The molecule has 10 heavy (non-hydrogen) atoms. The molecule has 2 N–H and O–H groups in total. The van der Waals surface area contributed by atoms with Crippen LogP contribution >= 0.6 is 0 Å². The van der Waals surface area contributed by atoms with Gasteiger partial charge in [0.2, 0.25) is 0 Å². The minimum atomic E-state index is -0.553. The van der Waals surface area contributed by atoms with Gasteiger partial charge in [-0.3, -0.25) is 9.59 Å². The van der Waals surface area contributed by atoms with Crippen LogP contribution in [0.4, 0.5) is 0 Å². The summed E-state index contributed by atoms with van der Waals surface area (Å²) in [6.45, 7) is 3.08. The van der Waals surface area contributed by atoms with Gasteiger partial charge >= 0.3 is 5.97 Å². The molecule has 0 saturated carbocycles. The van der Waals surface area contributed by atoms with Crippen molar-refractivity contribution in [2.24, 2.45) is 11.8 Å². The number of Topliss-reactive ketones (excluding diaryl/α,β-unsaturated/α-hetero) is 1. The van der Waals surface area contributed by atoms with Crippen molar-refractivity contribution in [2.45, 2.75) is 20.3 Å². The lowest BCUT2D eigenvalue weighted by atomic mass is 10.0. The van der Waals surface area contributed by atoms with Crippen molar-refractivity contribution in [3.8, 4) is 0 Å². The Hall–Kier alpha value is -0.900. The Labute approximate surface area is 59.3 Å². The molecule has 4 nitrogen and oxygen atoms in total. The second-order valence-corrected chi connectivity index (χ2v) is 2.21. The first kappa shape index (κ1) is 9.10. The lowest BCUT2D eigenvalue weighted by molar-refractivity contribution is -0.146. The molecule has 0 heterocycles. The first-order valence-corrected chi connectivity index (χ1v) is 2.98. The van der Waals surface area contributed by atoms with Crippen LogP contribution in [0.3, 0.4) is 0 Å². The molecule has 0 bridgehead atoms. The van der Waals surface area contributed by atoms with E-state index < -0.39 is 5.97 Å². The van der Waals surface area contributed by atoms with Crippen LogP contribution in [-0.4, -0.2) is 11.8 Å². The van der Waals surface area contributed by atoms with E-state index in [-0.39, 0.29) is 18.1 Å². The van der Waals surface area contributed by atoms with Gasteiger partial charge in [-0.15, -0.1) is 0 Å². The molecule has 0 aromatic rings. The third-order valence-electron chi connectivity index (χ3n) is 1.30. The fourth-order valence-electron chi connectivity index (χ4n) is 0.442. The maximum atomic E-state index is 10.5. The summed E-state index contributed by atoms with van der Waals surface area (Å²) in [4.78, 5) is 24.9. The molecule has 0 aliphatic rings. The Morgan fingerprint density at radius 3 is 2.40 bits per heavy atom. The standard InChI is InChI=1S/C6H11NO3/c1-4(5(2)8)3-6(9)10-7/h4H,3,7H2,1-2H3/t4-/m1/s1. The molecule has 0 aliphatic carbocycles. The molecular formula is C6H11NO3. The van der Waals surface area contributed by atoms with Crippen LogP contribution < -0.4 is 5.90 Å². The summed E-state index contributed by atoms with van der Waals surface area (Å²) in [5, 5.41) is 0. The van der Waals surface area contributed by atoms with Crippen molar-refractivity contribution in [1.29, 1.82) is 0 Å². The second-order valence-electron chi connectivity index (χ2n) is 2.21. The molecule has 0 fully saturated rings. The van der Waals surface area contributed by atoms with Crippen molar-refractivity contribution in [2.75, 3.05) is 0 Å². The smallest absolute Gasteiger partial charge is 0.325 e. The van der Waals surface area contributed by atoms with Crippen molar-refractivity contribution >= 4 is 11.8 Å². The number of nitrogens with two attached hydrogens (primary N) is 1. The average molecular weight is 145 g/mol. The van der Waals surface area contributed by atoms with Crippen LogP contribution in [0, 0.1) is 5.92 Å². The van der Waals surface area contributed by atoms with Crippen LogP contribution in [0.15, 0.2) is 0 Å². The Bertz CT molecular complexity index is 144. The molecule has 0 aromatic carbocycles. The zero-order valence-corrected chi connectivity index (χ0v) is 6.09. The zero-order valence-electron chi connectivity index (χ0n) is 6.09. The van der Waals surface area contributed by atoms with E-state index in [1.54, 1.807) is 6.92 Å². The van der Waals surface area contributed by atoms with Crippen LogP contribution in [-0.2, 0) is 14.4 Å². The van der Waals surface area contributed by atoms with Crippen molar-refractivity contribution in [3.63, 3.8) is 0 Å². The van der Waals surface area contributed by atoms with E-state index in [9.17, 15) is 9.59 Å². The fraction of sp³-hybridized carbons (Fsp3) is 0.667. The maximum Gasteiger partial charge on any atom is 0.325 e. The molecule has 0 saturated heterocycles. The normalized spacial score (nSPS) is 12.3. The second kappa shape index (κ2) is 4.00. The van der Waals surface area contributed by atoms with Gasteiger partial charge in [0.15, 0.2) is 0 Å². The molecular weight excluding hydrogens is 134 g/mol. The number of hydrogen-bond donors (Lipinski definition) is 1. The van der Waals surface area contributed by atoms with E-state index in [0.29, 0.717) is 0 Å². The SMILES string of the molecule is CC(=O)[C@H](C)CC(=O)ON. The Balaban J connectivity index is 3.68. The third-order valence-corrected chi connectivity index (χ3v) is 1.30. The predicted octanol–water partition coefficient (Wildman–Crippen LogP) is 0.0185. The van der Waals surface area contributed by atoms with Gasteiger partial charge < -0.3 is 4.84 Å². The van der Waals surface area contributed by atoms with Gasteiger partial charge in [0, 0.05) is 5.92 Å². The highest BCUT2D eigenvalue weighted by Crippen LogP contribution is 2.02. The minimum absolute atomic E-state index is 0.0367. The molecule has 0 spiro atoms. The van der Waals surface area contributed by atoms with Gasteiger partial charge in [0.25, 0.3) is 0 Å². The topological polar surface area (TPSA) is 69.4 Å². The van der Waals surface area contributed by atoms with E-state index in [4.69, 9.17) is 0 Å². The van der Waals surface area contributed by atoms with E-state index in [1.165, 1.54) is 6.92 Å². The molecule has 0 aromatic heterocycles. The summed E-state index contributed by atoms with van der Waals surface area (Å²) in [6.07, 6.45) is 0.0613. The fourth-order valence-corrected chi connectivity index (χ4v) is 0.442. The number of hydrogen-bond acceptors (Lipinski definition) is 4. The summed E-state index contributed by atoms with van der Waals surface area (Å²) in [5.74, 6) is 3.67. The van der Waals surface area contributed by atoms with Gasteiger partial charge in [0.1, 0.15) is 5.78 Å². The number of rotatable bonds is 3. The maximum absolute atomic E-state index is 10.5. The highest BCUT2D eigenvalue weighted by Gasteiger charge is 2.12. The Kier molecular flexibility index (Phi) is 3.64. The average Bonchev–Trinajstić information content (AvgIpc) is 1.87. The molecule has 4 heteroatoms. The minimum Gasteiger partial charge on any atom is -0.373 e. The van der Waals surface area contributed by atoms with Gasteiger partial charge in [0.05, 0.1) is 6.42 Å². The van der Waals surface area contributed by atoms with Gasteiger partial charge in [-0.1, -0.05) is 6.92 Å². The predicted molar refractivity (Wildman–Crippen MR) is 34.7 cm³/mol. The first-order chi connectivity index (χ1) is 4.57. The van der Waals surface area contributed by atoms with Crippen LogP contribution in [0.1, 0.15) is 20.3 Å². The van der Waals surface area contributed by atoms with Gasteiger partial charge in [-0.25, -0.2) is 0 Å². The Morgan fingerprint density at radius 2 is 2.10 bits per heavy atom. The van der Waals surface area contributed by atoms with Crippen molar-refractivity contribution < 1.29 is 14.4 Å². The summed E-state index contributed by atoms with van der Waals surface area (Å²) in [6, 6.07) is 0. The van der Waals surface area contributed by atoms with Crippen molar-refractivity contribution in [3.05, 3.63) is 0 Å². The highest BCUT2D eigenvalue weighted by atomic mass is 16.7. The van der Waals surface area contributed by atoms with E-state index >= 15 is 0 Å². The highest BCUT2D eigenvalue weighted by molar-refractivity contribution is 5.82. The number of carbonyl (C=O) groups is 2. The quantitative estimate of drug-likeness (QED) is 0.568. The molecule has 58 valence electrons. The molecule has 0 aliphatic heterocycles. The summed E-state index contributed by atoms with van der Waals surface area (Å²) in [7, 11) is 0. The molecule has 0 unspecified atom stereocenters. The summed E-state index contributed by atoms with van der Waals surface area (Å²) >= 11 is 0. The van der Waals surface area contributed by atoms with Gasteiger partial charge in [-0.05, 0) is 6.92 Å². The van der Waals surface area contributed by atoms with E-state index in [1.807, 2.05) is 0 Å². The summed E-state index contributed by atoms with van der Waals surface area (Å²) in [5.41, 5.74) is 0. The largest absolute Gasteiger partial charge is 0.373 e. The molecule has 0 rings (SSSR count). The van der Waals surface area contributed by atoms with E-state index in [2.05, 4.69) is 10.7 Å². The lowest BCUT2D eigenvalue weighted by Crippen LogP contribution is -2.17. The molecule has 0 radical (unpaired) electrons. The molecule has 0 amide bonds. The van der Waals surface area contributed by atoms with Crippen LogP contribution in [0.2, 0.25) is 0 Å². The summed E-state index contributed by atoms with van der Waals surface area (Å²) < 4.78 is 0. The van der Waals surface area contributed by atoms with Gasteiger partial charge in [-0.2, -0.15) is 5.90 Å². The monoisotopic (exact) mass is 145 g/mol. The lowest BCUT2D eigenvalue weighted by Gasteiger charge is -2.02. The Morgan fingerprint density at radius 1 is 1.60 bits per heavy atom. The number of carbonyl (C=O) groups excluding carboxylic acids is 2. The van der Waals surface area contributed by atoms with Crippen LogP contribution in [0.5, 0.6) is 0 Å². The van der Waals surface area contributed by atoms with Crippen LogP contribution in [0.25, 0.3) is 0 Å². The first-order valence-electron chi connectivity index (χ1n) is 2.98. The van der Waals surface area contributed by atoms with E-state index in [0.717, 1.165) is 0 Å². The third kappa shape index (κ3) is 3.19. The number of ketones is 1.